The van der Waals surface area contributed by atoms with Gasteiger partial charge in [-0.15, -0.1) is 0 Å². The third-order valence-corrected chi connectivity index (χ3v) is 7.19. The Hall–Kier alpha value is -3.30. The van der Waals surface area contributed by atoms with Gasteiger partial charge in [-0.05, 0) is 48.4 Å². The van der Waals surface area contributed by atoms with Crippen molar-refractivity contribution in [1.82, 2.24) is 10.2 Å². The van der Waals surface area contributed by atoms with Crippen molar-refractivity contribution in [3.05, 3.63) is 87.9 Å². The van der Waals surface area contributed by atoms with Crippen LogP contribution in [0.4, 0.5) is 21.9 Å². The first-order valence-electron chi connectivity index (χ1n) is 12.9. The molecular formula is C29H33Cl2N5O3. The van der Waals surface area contributed by atoms with Gasteiger partial charge >= 0.3 is 6.03 Å². The molecule has 206 valence electrons. The van der Waals surface area contributed by atoms with Crippen LogP contribution in [0, 0.1) is 0 Å². The van der Waals surface area contributed by atoms with Crippen molar-refractivity contribution in [2.75, 3.05) is 62.0 Å². The molecule has 0 radical (unpaired) electrons. The van der Waals surface area contributed by atoms with Gasteiger partial charge in [-0.25, -0.2) is 4.79 Å². The zero-order chi connectivity index (χ0) is 27.6. The lowest BCUT2D eigenvalue weighted by atomic mass is 10.1. The van der Waals surface area contributed by atoms with Crippen molar-refractivity contribution >= 4 is 52.2 Å². The molecule has 1 saturated heterocycles. The second kappa shape index (κ2) is 14.2. The van der Waals surface area contributed by atoms with Gasteiger partial charge in [-0.3, -0.25) is 9.69 Å². The zero-order valence-corrected chi connectivity index (χ0v) is 23.4. The largest absolute Gasteiger partial charge is 0.385 e. The van der Waals surface area contributed by atoms with Crippen molar-refractivity contribution in [3.8, 4) is 0 Å². The first kappa shape index (κ1) is 28.7. The fourth-order valence-electron chi connectivity index (χ4n) is 4.44. The summed E-state index contributed by atoms with van der Waals surface area (Å²) in [4.78, 5) is 30.5. The van der Waals surface area contributed by atoms with Crippen molar-refractivity contribution in [3.63, 3.8) is 0 Å². The van der Waals surface area contributed by atoms with Crippen LogP contribution in [0.15, 0.2) is 66.7 Å². The molecule has 0 saturated carbocycles. The van der Waals surface area contributed by atoms with Crippen molar-refractivity contribution in [2.24, 2.45) is 0 Å². The highest BCUT2D eigenvalue weighted by Crippen LogP contribution is 2.27. The van der Waals surface area contributed by atoms with Gasteiger partial charge in [0.25, 0.3) is 5.91 Å². The van der Waals surface area contributed by atoms with Crippen LogP contribution in [0.5, 0.6) is 0 Å². The Morgan fingerprint density at radius 2 is 1.56 bits per heavy atom. The fraction of sp³-hybridized carbons (Fsp3) is 0.310. The normalized spacial score (nSPS) is 13.7. The smallest absolute Gasteiger partial charge is 0.323 e. The Bertz CT molecular complexity index is 1270. The molecule has 4 rings (SSSR count). The average molecular weight is 571 g/mol. The number of urea groups is 1. The maximum absolute atomic E-state index is 13.2. The first-order chi connectivity index (χ1) is 18.9. The molecule has 0 bridgehead atoms. The Morgan fingerprint density at radius 3 is 2.26 bits per heavy atom. The third kappa shape index (κ3) is 8.34. The Morgan fingerprint density at radius 1 is 0.872 bits per heavy atom. The molecule has 1 aliphatic heterocycles. The van der Waals surface area contributed by atoms with Crippen molar-refractivity contribution in [1.29, 1.82) is 0 Å². The Labute approximate surface area is 239 Å². The third-order valence-electron chi connectivity index (χ3n) is 6.45. The van der Waals surface area contributed by atoms with Crippen LogP contribution in [0.2, 0.25) is 10.0 Å². The number of halogens is 2. The highest BCUT2D eigenvalue weighted by atomic mass is 35.5. The summed E-state index contributed by atoms with van der Waals surface area (Å²) in [6.45, 7) is 5.31. The quantitative estimate of drug-likeness (QED) is 0.272. The summed E-state index contributed by atoms with van der Waals surface area (Å²) in [5, 5.41) is 9.26. The van der Waals surface area contributed by atoms with E-state index in [1.54, 1.807) is 31.4 Å². The Balaban J connectivity index is 1.45. The van der Waals surface area contributed by atoms with Gasteiger partial charge in [-0.1, -0.05) is 53.5 Å². The van der Waals surface area contributed by atoms with Crippen molar-refractivity contribution < 1.29 is 14.3 Å². The van der Waals surface area contributed by atoms with E-state index in [4.69, 9.17) is 27.9 Å². The number of benzene rings is 3. The summed E-state index contributed by atoms with van der Waals surface area (Å²) in [6, 6.07) is 20.2. The number of anilines is 3. The number of hydrogen-bond donors (Lipinski definition) is 3. The minimum atomic E-state index is -0.456. The van der Waals surface area contributed by atoms with E-state index in [0.29, 0.717) is 46.6 Å². The summed E-state index contributed by atoms with van der Waals surface area (Å²) in [5.74, 6) is -0.193. The minimum absolute atomic E-state index is 0.193. The summed E-state index contributed by atoms with van der Waals surface area (Å²) < 4.78 is 5.09. The zero-order valence-electron chi connectivity index (χ0n) is 21.9. The lowest BCUT2D eigenvalue weighted by molar-refractivity contribution is 0.0949. The van der Waals surface area contributed by atoms with Crippen LogP contribution in [0.1, 0.15) is 22.3 Å². The molecule has 10 heteroatoms. The number of rotatable bonds is 10. The lowest BCUT2D eigenvalue weighted by Gasteiger charge is -2.37. The van der Waals surface area contributed by atoms with E-state index in [1.807, 2.05) is 18.2 Å². The fourth-order valence-corrected chi connectivity index (χ4v) is 4.74. The predicted molar refractivity (Wildman–Crippen MR) is 158 cm³/mol. The molecule has 8 nitrogen and oxygen atoms in total. The molecule has 39 heavy (non-hydrogen) atoms. The maximum Gasteiger partial charge on any atom is 0.323 e. The highest BCUT2D eigenvalue weighted by Gasteiger charge is 2.22. The number of nitrogens with one attached hydrogen (secondary N) is 3. The van der Waals surface area contributed by atoms with Gasteiger partial charge in [0.2, 0.25) is 0 Å². The molecule has 3 aromatic rings. The van der Waals surface area contributed by atoms with Crippen LogP contribution < -0.4 is 20.9 Å². The molecular weight excluding hydrogens is 537 g/mol. The molecule has 1 fully saturated rings. The summed E-state index contributed by atoms with van der Waals surface area (Å²) in [6.07, 6.45) is 0.708. The first-order valence-corrected chi connectivity index (χ1v) is 13.6. The lowest BCUT2D eigenvalue weighted by Crippen LogP contribution is -2.46. The van der Waals surface area contributed by atoms with E-state index in [1.165, 1.54) is 5.56 Å². The number of nitrogens with zero attached hydrogens (tertiary/aromatic N) is 2. The van der Waals surface area contributed by atoms with E-state index in [-0.39, 0.29) is 5.91 Å². The summed E-state index contributed by atoms with van der Waals surface area (Å²) >= 11 is 12.0. The van der Waals surface area contributed by atoms with Crippen molar-refractivity contribution in [2.45, 2.75) is 13.0 Å². The van der Waals surface area contributed by atoms with Crippen LogP contribution in [-0.4, -0.2) is 63.3 Å². The standard InChI is InChI=1S/C29H33Cl2N5O3/c1-39-17-5-12-32-28(37)24-18-22(33-29(38)34-23-8-10-25(30)26(31)19-23)9-11-27(24)36-15-13-35(14-16-36)20-21-6-3-2-4-7-21/h2-4,6-11,18-19H,5,12-17,20H2,1H3,(H,32,37)(H2,33,34,38). The summed E-state index contributed by atoms with van der Waals surface area (Å²) in [7, 11) is 1.63. The number of amides is 3. The van der Waals surface area contributed by atoms with E-state index in [9.17, 15) is 9.59 Å². The van der Waals surface area contributed by atoms with Gasteiger partial charge in [-0.2, -0.15) is 0 Å². The molecule has 1 aliphatic rings. The number of carbonyl (C=O) groups is 2. The Kier molecular flexibility index (Phi) is 10.4. The van der Waals surface area contributed by atoms with Gasteiger partial charge in [0.15, 0.2) is 0 Å². The number of methoxy groups -OCH3 is 1. The van der Waals surface area contributed by atoms with Gasteiger partial charge in [0.1, 0.15) is 0 Å². The van der Waals surface area contributed by atoms with Gasteiger partial charge in [0, 0.05) is 70.0 Å². The van der Waals surface area contributed by atoms with Crippen LogP contribution >= 0.6 is 23.2 Å². The molecule has 0 aromatic heterocycles. The molecule has 3 amide bonds. The SMILES string of the molecule is COCCCNC(=O)c1cc(NC(=O)Nc2ccc(Cl)c(Cl)c2)ccc1N1CCN(Cc2ccccc2)CC1. The van der Waals surface area contributed by atoms with E-state index >= 15 is 0 Å². The molecule has 1 heterocycles. The van der Waals surface area contributed by atoms with E-state index in [0.717, 1.165) is 38.4 Å². The van der Waals surface area contributed by atoms with Crippen LogP contribution in [0.25, 0.3) is 0 Å². The molecule has 0 aliphatic carbocycles. The van der Waals surface area contributed by atoms with E-state index in [2.05, 4.69) is 50.0 Å². The number of hydrogen-bond acceptors (Lipinski definition) is 5. The average Bonchev–Trinajstić information content (AvgIpc) is 2.94. The predicted octanol–water partition coefficient (Wildman–Crippen LogP) is 5.73. The van der Waals surface area contributed by atoms with Gasteiger partial charge in [0.05, 0.1) is 15.6 Å². The number of ether oxygens (including phenoxy) is 1. The van der Waals surface area contributed by atoms with Crippen LogP contribution in [0.3, 0.4) is 0 Å². The number of piperazine rings is 1. The maximum atomic E-state index is 13.2. The second-order valence-corrected chi connectivity index (χ2v) is 10.1. The molecule has 0 atom stereocenters. The molecule has 0 unspecified atom stereocenters. The van der Waals surface area contributed by atoms with Gasteiger partial charge < -0.3 is 25.6 Å². The summed E-state index contributed by atoms with van der Waals surface area (Å²) in [5.41, 5.74) is 3.64. The van der Waals surface area contributed by atoms with Crippen LogP contribution in [-0.2, 0) is 11.3 Å². The minimum Gasteiger partial charge on any atom is -0.385 e. The molecule has 3 N–H and O–H groups in total. The highest BCUT2D eigenvalue weighted by molar-refractivity contribution is 6.42. The second-order valence-electron chi connectivity index (χ2n) is 9.29. The molecule has 0 spiro atoms. The monoisotopic (exact) mass is 569 g/mol. The molecule has 3 aromatic carbocycles. The topological polar surface area (TPSA) is 85.9 Å². The van der Waals surface area contributed by atoms with E-state index < -0.39 is 6.03 Å². The number of carbonyl (C=O) groups excluding carboxylic acids is 2.